The van der Waals surface area contributed by atoms with Gasteiger partial charge in [0.05, 0.1) is 11.0 Å². The highest BCUT2D eigenvalue weighted by molar-refractivity contribution is 6.04. The van der Waals surface area contributed by atoms with Crippen LogP contribution in [0.4, 0.5) is 0 Å². The van der Waals surface area contributed by atoms with Crippen LogP contribution in [-0.4, -0.2) is 4.57 Å². The van der Waals surface area contributed by atoms with Crippen LogP contribution in [0.1, 0.15) is 183 Å². The first-order valence-electron chi connectivity index (χ1n) is 24.4. The van der Waals surface area contributed by atoms with E-state index in [1.807, 2.05) is 12.1 Å². The number of aryl methyl sites for hydroxylation is 5. The molecule has 0 amide bonds. The minimum Gasteiger partial charge on any atom is -0.340 e. The highest BCUT2D eigenvalue weighted by atomic mass is 16.1. The molecule has 1 aliphatic rings. The Bertz CT molecular complexity index is 2290. The molecule has 0 saturated heterocycles. The van der Waals surface area contributed by atoms with Crippen molar-refractivity contribution >= 4 is 32.6 Å². The summed E-state index contributed by atoms with van der Waals surface area (Å²) in [7, 11) is 0. The average molecular weight is 804 g/mol. The predicted octanol–water partition coefficient (Wildman–Crippen LogP) is 17.4. The number of benzene rings is 5. The first-order chi connectivity index (χ1) is 29.2. The Hall–Kier alpha value is -4.17. The SMILES string of the molecule is CCCCCCCCC1(CCCCCCCC)c2cc(C)ccc2-c2c1cc(C)c1ccccc21.CCCCCCCCn1c2ccc(C)cc2c(=O)c2cc(C)ccc21. The van der Waals surface area contributed by atoms with Crippen molar-refractivity contribution in [3.05, 3.63) is 129 Å². The van der Waals surface area contributed by atoms with Crippen LogP contribution in [0.3, 0.4) is 0 Å². The van der Waals surface area contributed by atoms with Gasteiger partial charge in [0.1, 0.15) is 0 Å². The molecule has 0 saturated carbocycles. The summed E-state index contributed by atoms with van der Waals surface area (Å²) < 4.78 is 2.35. The molecule has 0 aliphatic heterocycles. The van der Waals surface area contributed by atoms with Crippen LogP contribution >= 0.6 is 0 Å². The summed E-state index contributed by atoms with van der Waals surface area (Å²) in [6.45, 7) is 16.6. The quantitative estimate of drug-likeness (QED) is 0.0525. The first kappa shape index (κ1) is 45.4. The van der Waals surface area contributed by atoms with Gasteiger partial charge in [0.15, 0.2) is 5.43 Å². The number of rotatable bonds is 21. The van der Waals surface area contributed by atoms with Crippen LogP contribution in [0.15, 0.2) is 89.7 Å². The molecule has 0 unspecified atom stereocenters. The Morgan fingerprint density at radius 2 is 0.917 bits per heavy atom. The molecule has 0 fully saturated rings. The number of fused-ring (bicyclic) bond motifs is 7. The fourth-order valence-corrected chi connectivity index (χ4v) is 10.4. The van der Waals surface area contributed by atoms with E-state index in [1.54, 1.807) is 11.1 Å². The molecule has 1 heterocycles. The molecule has 1 aromatic heterocycles. The third kappa shape index (κ3) is 10.5. The topological polar surface area (TPSA) is 22.0 Å². The fraction of sp³-hybridized carbons (Fsp3) is 0.500. The van der Waals surface area contributed by atoms with E-state index < -0.39 is 0 Å². The molecular weight excluding hydrogens is 727 g/mol. The highest BCUT2D eigenvalue weighted by Crippen LogP contribution is 2.56. The second-order valence-corrected chi connectivity index (χ2v) is 18.6. The van der Waals surface area contributed by atoms with Crippen LogP contribution < -0.4 is 5.43 Å². The van der Waals surface area contributed by atoms with Gasteiger partial charge in [0, 0.05) is 22.7 Å². The summed E-state index contributed by atoms with van der Waals surface area (Å²) in [6.07, 6.45) is 26.7. The van der Waals surface area contributed by atoms with Gasteiger partial charge in [-0.2, -0.15) is 0 Å². The number of pyridine rings is 1. The number of nitrogens with zero attached hydrogens (tertiary/aromatic N) is 1. The minimum absolute atomic E-state index is 0.164. The van der Waals surface area contributed by atoms with Gasteiger partial charge in [-0.15, -0.1) is 0 Å². The molecular formula is C58H77NO. The molecule has 5 aromatic carbocycles. The Balaban J connectivity index is 0.000000213. The highest BCUT2D eigenvalue weighted by Gasteiger charge is 2.43. The van der Waals surface area contributed by atoms with Crippen molar-refractivity contribution in [3.8, 4) is 11.1 Å². The lowest BCUT2D eigenvalue weighted by molar-refractivity contribution is 0.397. The largest absolute Gasteiger partial charge is 0.340 e. The molecule has 60 heavy (non-hydrogen) atoms. The van der Waals surface area contributed by atoms with Crippen LogP contribution in [0.2, 0.25) is 0 Å². The number of hydrogen-bond donors (Lipinski definition) is 0. The van der Waals surface area contributed by atoms with Gasteiger partial charge in [-0.25, -0.2) is 0 Å². The van der Waals surface area contributed by atoms with E-state index in [4.69, 9.17) is 0 Å². The van der Waals surface area contributed by atoms with Crippen molar-refractivity contribution < 1.29 is 0 Å². The van der Waals surface area contributed by atoms with Crippen molar-refractivity contribution in [2.75, 3.05) is 0 Å². The van der Waals surface area contributed by atoms with E-state index in [0.717, 1.165) is 39.5 Å². The monoisotopic (exact) mass is 804 g/mol. The van der Waals surface area contributed by atoms with Gasteiger partial charge < -0.3 is 4.57 Å². The molecule has 6 aromatic rings. The molecule has 0 spiro atoms. The Morgan fingerprint density at radius 1 is 0.450 bits per heavy atom. The van der Waals surface area contributed by atoms with Crippen molar-refractivity contribution in [1.29, 1.82) is 0 Å². The third-order valence-electron chi connectivity index (χ3n) is 13.8. The van der Waals surface area contributed by atoms with Crippen molar-refractivity contribution in [3.63, 3.8) is 0 Å². The summed E-state index contributed by atoms with van der Waals surface area (Å²) in [5, 5.41) is 4.58. The molecule has 0 bridgehead atoms. The Kier molecular flexibility index (Phi) is 16.7. The lowest BCUT2D eigenvalue weighted by Crippen LogP contribution is -2.26. The van der Waals surface area contributed by atoms with Gasteiger partial charge in [0.2, 0.25) is 0 Å². The summed E-state index contributed by atoms with van der Waals surface area (Å²) in [5.74, 6) is 0. The minimum atomic E-state index is 0.164. The van der Waals surface area contributed by atoms with Gasteiger partial charge in [-0.1, -0.05) is 207 Å². The van der Waals surface area contributed by atoms with Gasteiger partial charge >= 0.3 is 0 Å². The van der Waals surface area contributed by atoms with E-state index in [1.165, 1.54) is 161 Å². The normalized spacial score (nSPS) is 12.8. The second-order valence-electron chi connectivity index (χ2n) is 18.6. The molecule has 7 rings (SSSR count). The van der Waals surface area contributed by atoms with Crippen molar-refractivity contribution in [2.24, 2.45) is 0 Å². The van der Waals surface area contributed by atoms with Gasteiger partial charge in [-0.05, 0) is 110 Å². The van der Waals surface area contributed by atoms with Crippen LogP contribution in [0.25, 0.3) is 43.7 Å². The maximum Gasteiger partial charge on any atom is 0.197 e. The Labute approximate surface area is 364 Å². The number of aromatic nitrogens is 1. The van der Waals surface area contributed by atoms with Gasteiger partial charge in [0.25, 0.3) is 0 Å². The summed E-state index contributed by atoms with van der Waals surface area (Å²) in [6, 6.07) is 31.6. The maximum absolute atomic E-state index is 13.0. The van der Waals surface area contributed by atoms with Crippen LogP contribution in [-0.2, 0) is 12.0 Å². The third-order valence-corrected chi connectivity index (χ3v) is 13.8. The second kappa shape index (κ2) is 22.1. The molecule has 1 aliphatic carbocycles. The zero-order valence-electron chi connectivity index (χ0n) is 38.8. The van der Waals surface area contributed by atoms with E-state index in [2.05, 4.69) is 126 Å². The number of unbranched alkanes of at least 4 members (excludes halogenated alkanes) is 15. The zero-order chi connectivity index (χ0) is 42.5. The summed E-state index contributed by atoms with van der Waals surface area (Å²) in [5.41, 5.74) is 13.9. The van der Waals surface area contributed by atoms with Crippen LogP contribution in [0.5, 0.6) is 0 Å². The van der Waals surface area contributed by atoms with E-state index in [0.29, 0.717) is 0 Å². The molecule has 320 valence electrons. The zero-order valence-corrected chi connectivity index (χ0v) is 38.8. The lowest BCUT2D eigenvalue weighted by atomic mass is 9.70. The van der Waals surface area contributed by atoms with E-state index >= 15 is 0 Å². The van der Waals surface area contributed by atoms with Gasteiger partial charge in [-0.3, -0.25) is 4.79 Å². The van der Waals surface area contributed by atoms with Crippen molar-refractivity contribution in [2.45, 2.75) is 189 Å². The Morgan fingerprint density at radius 3 is 1.47 bits per heavy atom. The summed E-state index contributed by atoms with van der Waals surface area (Å²) >= 11 is 0. The molecule has 2 heteroatoms. The lowest BCUT2D eigenvalue weighted by Gasteiger charge is -2.33. The number of hydrogen-bond acceptors (Lipinski definition) is 1. The fourth-order valence-electron chi connectivity index (χ4n) is 10.4. The smallest absolute Gasteiger partial charge is 0.197 e. The predicted molar refractivity (Wildman–Crippen MR) is 264 cm³/mol. The molecule has 0 atom stereocenters. The average Bonchev–Trinajstić information content (AvgIpc) is 3.51. The standard InChI is InChI=1S/C35H48.C23H29NO/c1-5-7-9-11-13-17-23-35(24-18-14-12-10-8-6-2)32-25-27(3)21-22-31(32)34-30-20-16-15-19-29(30)28(4)26-33(34)35;1-4-5-6-7-8-9-14-24-21-12-10-17(2)15-19(21)23(25)20-16-18(3)11-13-22(20)24/h15-16,19-22,25-26H,5-14,17-18,23-24H2,1-4H3;10-13,15-16H,4-9,14H2,1-3H3. The van der Waals surface area contributed by atoms with E-state index in [9.17, 15) is 4.79 Å². The van der Waals surface area contributed by atoms with Crippen LogP contribution in [0, 0.1) is 27.7 Å². The van der Waals surface area contributed by atoms with Crippen molar-refractivity contribution in [1.82, 2.24) is 4.57 Å². The summed E-state index contributed by atoms with van der Waals surface area (Å²) in [4.78, 5) is 13.0. The maximum atomic E-state index is 13.0. The first-order valence-corrected chi connectivity index (χ1v) is 24.4. The molecule has 0 radical (unpaired) electrons. The van der Waals surface area contributed by atoms with E-state index in [-0.39, 0.29) is 10.8 Å². The molecule has 2 nitrogen and oxygen atoms in total. The molecule has 0 N–H and O–H groups in total.